The van der Waals surface area contributed by atoms with E-state index in [1.807, 2.05) is 72.8 Å². The highest BCUT2D eigenvalue weighted by atomic mass is 16.3. The van der Waals surface area contributed by atoms with Gasteiger partial charge in [-0.1, -0.05) is 90.8 Å². The molecule has 0 atom stereocenters. The van der Waals surface area contributed by atoms with Gasteiger partial charge < -0.3 is 13.3 Å². The van der Waals surface area contributed by atoms with Crippen LogP contribution in [0, 0.1) is 0 Å². The second-order valence-corrected chi connectivity index (χ2v) is 12.4. The van der Waals surface area contributed by atoms with E-state index in [2.05, 4.69) is 0 Å². The molecule has 0 aliphatic heterocycles. The molecule has 0 saturated carbocycles. The second-order valence-electron chi connectivity index (χ2n) is 12.4. The van der Waals surface area contributed by atoms with Crippen LogP contribution in [0.2, 0.25) is 0 Å². The first-order valence-electron chi connectivity index (χ1n) is 21.4. The zero-order valence-electron chi connectivity index (χ0n) is 36.6. The molecule has 0 saturated heterocycles. The Balaban J connectivity index is 1.28. The third-order valence-corrected chi connectivity index (χ3v) is 9.57. The first-order valence-corrected chi connectivity index (χ1v) is 16.4. The minimum absolute atomic E-state index is 0.0441. The van der Waals surface area contributed by atoms with Crippen LogP contribution in [0.4, 0.5) is 0 Å². The summed E-state index contributed by atoms with van der Waals surface area (Å²) in [6.07, 6.45) is 0. The lowest BCUT2D eigenvalue weighted by atomic mass is 10.1. The molecule has 5 heterocycles. The lowest BCUT2D eigenvalue weighted by Gasteiger charge is -2.11. The molecule has 7 heteroatoms. The summed E-state index contributed by atoms with van der Waals surface area (Å²) < 4.78 is 109. The van der Waals surface area contributed by atoms with E-state index in [0.717, 1.165) is 21.5 Å². The van der Waals surface area contributed by atoms with Gasteiger partial charge in [0.2, 0.25) is 5.95 Å². The summed E-state index contributed by atoms with van der Waals surface area (Å²) in [7, 11) is 0. The lowest BCUT2D eigenvalue weighted by Crippen LogP contribution is -2.06. The van der Waals surface area contributed by atoms with Crippen LogP contribution in [0.15, 0.2) is 159 Å². The van der Waals surface area contributed by atoms with Crippen molar-refractivity contribution in [2.24, 2.45) is 0 Å². The summed E-state index contributed by atoms with van der Waals surface area (Å²) in [5.41, 5.74) is 2.85. The van der Waals surface area contributed by atoms with Crippen LogP contribution in [0.1, 0.15) is 13.7 Å². The van der Waals surface area contributed by atoms with Crippen LogP contribution >= 0.6 is 0 Å². The molecule has 0 fully saturated rings. The van der Waals surface area contributed by atoms with Crippen LogP contribution < -0.4 is 0 Å². The molecule has 7 nitrogen and oxygen atoms in total. The predicted molar refractivity (Wildman–Crippen MR) is 207 cm³/mol. The Labute approximate surface area is 308 Å². The Morgan fingerprint density at radius 3 is 2.06 bits per heavy atom. The van der Waals surface area contributed by atoms with Crippen molar-refractivity contribution in [1.29, 1.82) is 0 Å². The first-order chi connectivity index (χ1) is 29.9. The Bertz CT molecular complexity index is 4020. The van der Waals surface area contributed by atoms with Crippen molar-refractivity contribution in [3.05, 3.63) is 145 Å². The van der Waals surface area contributed by atoms with E-state index in [0.29, 0.717) is 33.5 Å². The van der Waals surface area contributed by atoms with Crippen molar-refractivity contribution < 1.29 is 27.0 Å². The normalized spacial score (nSPS) is 14.9. The highest BCUT2D eigenvalue weighted by molar-refractivity contribution is 6.21. The summed E-state index contributed by atoms with van der Waals surface area (Å²) in [5, 5.41) is 2.88. The van der Waals surface area contributed by atoms with E-state index in [1.165, 1.54) is 4.57 Å². The number of furan rings is 3. The van der Waals surface area contributed by atoms with E-state index in [-0.39, 0.29) is 61.3 Å². The minimum Gasteiger partial charge on any atom is -0.456 e. The number of fused-ring (bicyclic) bond motifs is 13. The fourth-order valence-electron chi connectivity index (χ4n) is 7.27. The number of rotatable bonds is 3. The van der Waals surface area contributed by atoms with Crippen molar-refractivity contribution in [1.82, 2.24) is 19.5 Å². The van der Waals surface area contributed by atoms with Gasteiger partial charge in [0.15, 0.2) is 17.2 Å². The molecule has 12 aromatic rings. The number of hydrogen-bond donors (Lipinski definition) is 0. The van der Waals surface area contributed by atoms with Crippen LogP contribution in [-0.4, -0.2) is 19.5 Å². The summed E-state index contributed by atoms with van der Waals surface area (Å²) in [6, 6.07) is 21.1. The van der Waals surface area contributed by atoms with Crippen LogP contribution in [0.5, 0.6) is 0 Å². The largest absolute Gasteiger partial charge is 0.456 e. The highest BCUT2D eigenvalue weighted by Crippen LogP contribution is 2.41. The van der Waals surface area contributed by atoms with Crippen molar-refractivity contribution in [2.75, 3.05) is 0 Å². The van der Waals surface area contributed by atoms with E-state index >= 15 is 0 Å². The molecule has 0 amide bonds. The average molecular weight is 679 g/mol. The summed E-state index contributed by atoms with van der Waals surface area (Å²) in [5.74, 6) is 0.134. The quantitative estimate of drug-likeness (QED) is 0.185. The first kappa shape index (κ1) is 19.8. The van der Waals surface area contributed by atoms with Gasteiger partial charge in [-0.3, -0.25) is 4.57 Å². The minimum atomic E-state index is -0.580. The van der Waals surface area contributed by atoms with Crippen LogP contribution in [-0.2, 0) is 0 Å². The highest BCUT2D eigenvalue weighted by Gasteiger charge is 2.23. The monoisotopic (exact) mass is 678 g/mol. The van der Waals surface area contributed by atoms with Gasteiger partial charge >= 0.3 is 0 Å². The fourth-order valence-corrected chi connectivity index (χ4v) is 7.27. The standard InChI is InChI=1S/C45H24N4O3/c1-5-16-35-26(10-1)30-21-22-32-28-12-3-8-19-38(28)52-42(32)40(30)49(35)45-47-43(25-20-23-39-34(24-25)29-13-4-6-17-36(29)50-39)46-44(48-45)33-15-9-14-31-27-11-2-7-18-37(27)51-41(31)33/h1-24H/i1D,3D,5D,8D,10D,12D,16D,19D,21D,22D. The van der Waals surface area contributed by atoms with Gasteiger partial charge in [-0.25, -0.2) is 4.98 Å². The van der Waals surface area contributed by atoms with E-state index in [4.69, 9.17) is 37.8 Å². The molecule has 0 aliphatic carbocycles. The van der Waals surface area contributed by atoms with Gasteiger partial charge in [-0.05, 0) is 54.5 Å². The third-order valence-electron chi connectivity index (χ3n) is 9.57. The molecule has 0 spiro atoms. The van der Waals surface area contributed by atoms with E-state index < -0.39 is 60.4 Å². The summed E-state index contributed by atoms with van der Waals surface area (Å²) in [4.78, 5) is 15.0. The SMILES string of the molecule is [2H]c1c([2H])c([2H])c2c(oc3c2c([2H])c([2H])c2c4c([2H])c([2H])c([2H])c([2H])c4n(-c4nc(-c5ccc6oc7ccccc7c6c5)nc(-c5cccc6c5oc5ccccc56)n4)c32)c1[2H]. The predicted octanol–water partition coefficient (Wildman–Crippen LogP) is 12.0. The molecular formula is C45H24N4O3. The molecule has 5 aromatic heterocycles. The molecule has 0 N–H and O–H groups in total. The van der Waals surface area contributed by atoms with Gasteiger partial charge in [0, 0.05) is 48.7 Å². The average Bonchev–Trinajstić information content (AvgIpc) is 4.07. The van der Waals surface area contributed by atoms with Crippen molar-refractivity contribution in [3.63, 3.8) is 0 Å². The zero-order chi connectivity index (χ0) is 42.6. The molecule has 0 bridgehead atoms. The maximum atomic E-state index is 9.42. The number of nitrogens with zero attached hydrogens (tertiary/aromatic N) is 4. The van der Waals surface area contributed by atoms with Gasteiger partial charge in [0.1, 0.15) is 33.4 Å². The molecule has 0 aliphatic rings. The topological polar surface area (TPSA) is 83.0 Å². The van der Waals surface area contributed by atoms with Gasteiger partial charge in [-0.15, -0.1) is 0 Å². The van der Waals surface area contributed by atoms with Gasteiger partial charge in [0.05, 0.1) is 24.8 Å². The Morgan fingerprint density at radius 1 is 0.462 bits per heavy atom. The van der Waals surface area contributed by atoms with Crippen LogP contribution in [0.25, 0.3) is 116 Å². The van der Waals surface area contributed by atoms with Crippen LogP contribution in [0.3, 0.4) is 0 Å². The third kappa shape index (κ3) is 3.76. The van der Waals surface area contributed by atoms with Crippen molar-refractivity contribution in [2.45, 2.75) is 0 Å². The molecule has 12 rings (SSSR count). The second kappa shape index (κ2) is 10.2. The molecular weight excluding hydrogens is 645 g/mol. The van der Waals surface area contributed by atoms with Crippen molar-refractivity contribution >= 4 is 87.6 Å². The molecule has 0 radical (unpaired) electrons. The van der Waals surface area contributed by atoms with Gasteiger partial charge in [0.25, 0.3) is 0 Å². The fraction of sp³-hybridized carbons (Fsp3) is 0. The smallest absolute Gasteiger partial charge is 0.238 e. The number of aromatic nitrogens is 4. The molecule has 0 unspecified atom stereocenters. The summed E-state index contributed by atoms with van der Waals surface area (Å²) in [6.45, 7) is 0. The maximum Gasteiger partial charge on any atom is 0.238 e. The Morgan fingerprint density at radius 2 is 1.15 bits per heavy atom. The maximum absolute atomic E-state index is 9.42. The summed E-state index contributed by atoms with van der Waals surface area (Å²) >= 11 is 0. The Kier molecular flexibility index (Phi) is 3.87. The number of hydrogen-bond acceptors (Lipinski definition) is 6. The number of benzene rings is 7. The van der Waals surface area contributed by atoms with Crippen molar-refractivity contribution in [3.8, 4) is 28.7 Å². The zero-order valence-corrected chi connectivity index (χ0v) is 26.6. The molecule has 242 valence electrons. The van der Waals surface area contributed by atoms with E-state index in [9.17, 15) is 4.11 Å². The van der Waals surface area contributed by atoms with E-state index in [1.54, 1.807) is 12.1 Å². The Hall–Kier alpha value is -7.25. The lowest BCUT2D eigenvalue weighted by molar-refractivity contribution is 0.669. The molecule has 52 heavy (non-hydrogen) atoms. The molecule has 7 aromatic carbocycles. The number of para-hydroxylation sites is 5. The van der Waals surface area contributed by atoms with Gasteiger partial charge in [-0.2, -0.15) is 9.97 Å².